The van der Waals surface area contributed by atoms with E-state index in [0.29, 0.717) is 42.6 Å². The normalized spacial score (nSPS) is 26.2. The van der Waals surface area contributed by atoms with Crippen molar-refractivity contribution < 1.29 is 57.4 Å². The number of nitrogens with zero attached hydrogens (tertiary/aromatic N) is 1. The molecule has 49 heavy (non-hydrogen) atoms. The number of aliphatic carboxylic acids is 1. The Morgan fingerprint density at radius 2 is 1.63 bits per heavy atom. The van der Waals surface area contributed by atoms with Crippen LogP contribution in [0.2, 0.25) is 0 Å². The molecule has 0 radical (unpaired) electrons. The third kappa shape index (κ3) is 8.62. The van der Waals surface area contributed by atoms with Gasteiger partial charge in [-0.15, -0.1) is 0 Å². The first-order valence-corrected chi connectivity index (χ1v) is 17.6. The fraction of sp³-hybridized carbons (Fsp3) is 0.412. The third-order valence-corrected chi connectivity index (χ3v) is 9.46. The zero-order chi connectivity index (χ0) is 35.5. The summed E-state index contributed by atoms with van der Waals surface area (Å²) in [5.41, 5.74) is 2.84. The molecule has 3 aromatic carbocycles. The number of carbonyl (C=O) groups is 2. The number of carboxylic acid groups (broad SMARTS) is 1. The van der Waals surface area contributed by atoms with E-state index in [1.165, 1.54) is 36.4 Å². The predicted molar refractivity (Wildman–Crippen MR) is 173 cm³/mol. The summed E-state index contributed by atoms with van der Waals surface area (Å²) in [4.78, 5) is 26.7. The quantitative estimate of drug-likeness (QED) is 0.106. The number of aliphatic hydroxyl groups is 4. The van der Waals surface area contributed by atoms with Crippen LogP contribution in [0.4, 0.5) is 10.1 Å². The maximum Gasteiger partial charge on any atom is 0.335 e. The van der Waals surface area contributed by atoms with Gasteiger partial charge in [-0.25, -0.2) is 22.3 Å². The standard InChI is InChI=1S/C34H39FN2O11S/c1-49(45,46)36-18-2-3-19-4-12-23(13-5-19)37-27(25(32(37)42)16-17-26(38)20-6-10-22(35)11-7-20)21-8-14-24(15-9-21)47-34-30(41)28(39)29(40)31(48-34)33(43)44/h4-15,25-31,34,36,38-41H,2-3,16-18H2,1H3,(H,43,44)/t25?,26-,27+,28-,29-,30+,31-,34+/m0/s1. The van der Waals surface area contributed by atoms with Crippen LogP contribution in [-0.4, -0.2) is 89.3 Å². The van der Waals surface area contributed by atoms with E-state index in [2.05, 4.69) is 4.72 Å². The van der Waals surface area contributed by atoms with Crippen molar-refractivity contribution in [2.75, 3.05) is 17.7 Å². The van der Waals surface area contributed by atoms with Crippen molar-refractivity contribution in [1.29, 1.82) is 0 Å². The molecule has 3 aromatic rings. The number of aryl methyl sites for hydroxylation is 1. The Hall–Kier alpha value is -3.96. The fourth-order valence-electron chi connectivity index (χ4n) is 6.09. The molecule has 1 amide bonds. The van der Waals surface area contributed by atoms with Gasteiger partial charge in [0, 0.05) is 12.2 Å². The molecule has 13 nitrogen and oxygen atoms in total. The molecule has 2 aliphatic heterocycles. The zero-order valence-electron chi connectivity index (χ0n) is 26.5. The lowest BCUT2D eigenvalue weighted by Crippen LogP contribution is -2.61. The largest absolute Gasteiger partial charge is 0.479 e. The van der Waals surface area contributed by atoms with Crippen molar-refractivity contribution in [3.05, 3.63) is 95.3 Å². The monoisotopic (exact) mass is 702 g/mol. The summed E-state index contributed by atoms with van der Waals surface area (Å²) in [6.07, 6.45) is -6.88. The molecule has 2 aliphatic rings. The summed E-state index contributed by atoms with van der Waals surface area (Å²) in [5.74, 6) is -2.47. The van der Waals surface area contributed by atoms with Crippen molar-refractivity contribution in [3.63, 3.8) is 0 Å². The van der Waals surface area contributed by atoms with Gasteiger partial charge in [-0.2, -0.15) is 0 Å². The Balaban J connectivity index is 1.32. The molecule has 8 atom stereocenters. The maximum absolute atomic E-state index is 13.6. The summed E-state index contributed by atoms with van der Waals surface area (Å²) < 4.78 is 49.3. The van der Waals surface area contributed by atoms with E-state index in [0.717, 1.165) is 11.8 Å². The average Bonchev–Trinajstić information content (AvgIpc) is 3.06. The van der Waals surface area contributed by atoms with Gasteiger partial charge in [0.1, 0.15) is 29.9 Å². The molecule has 2 heterocycles. The van der Waals surface area contributed by atoms with Gasteiger partial charge < -0.3 is 39.9 Å². The highest BCUT2D eigenvalue weighted by atomic mass is 32.2. The Labute approximate surface area is 282 Å². The Morgan fingerprint density at radius 3 is 2.24 bits per heavy atom. The number of halogens is 1. The lowest BCUT2D eigenvalue weighted by Gasteiger charge is -2.48. The second kappa shape index (κ2) is 15.3. The van der Waals surface area contributed by atoms with Crippen LogP contribution in [0.15, 0.2) is 72.8 Å². The van der Waals surface area contributed by atoms with Crippen molar-refractivity contribution in [3.8, 4) is 5.75 Å². The van der Waals surface area contributed by atoms with Crippen LogP contribution < -0.4 is 14.4 Å². The van der Waals surface area contributed by atoms with Crippen molar-refractivity contribution >= 4 is 27.6 Å². The van der Waals surface area contributed by atoms with Crippen molar-refractivity contribution in [2.45, 2.75) is 68.5 Å². The summed E-state index contributed by atoms with van der Waals surface area (Å²) >= 11 is 0. The number of anilines is 1. The first-order chi connectivity index (χ1) is 23.2. The average molecular weight is 703 g/mol. The molecule has 0 spiro atoms. The van der Waals surface area contributed by atoms with Crippen LogP contribution in [0, 0.1) is 11.7 Å². The molecule has 0 aliphatic carbocycles. The van der Waals surface area contributed by atoms with E-state index in [-0.39, 0.29) is 18.1 Å². The minimum atomic E-state index is -3.28. The SMILES string of the molecule is CS(=O)(=O)NCCCc1ccc(N2C(=O)C(CC[C@H](O)c3ccc(F)cc3)[C@H]2c2ccc(O[C@@H]3O[C@H](C(=O)O)[C@@H](O)[C@H](O)[C@H]3O)cc2)cc1. The number of rotatable bonds is 14. The molecule has 0 saturated carbocycles. The number of hydrogen-bond donors (Lipinski definition) is 6. The second-order valence-electron chi connectivity index (χ2n) is 12.3. The minimum Gasteiger partial charge on any atom is -0.479 e. The van der Waals surface area contributed by atoms with Crippen molar-refractivity contribution in [1.82, 2.24) is 4.72 Å². The molecular weight excluding hydrogens is 663 g/mol. The lowest BCUT2D eigenvalue weighted by molar-refractivity contribution is -0.271. The molecule has 2 saturated heterocycles. The number of carboxylic acids is 1. The Kier molecular flexibility index (Phi) is 11.3. The van der Waals surface area contributed by atoms with E-state index < -0.39 is 70.6 Å². The highest BCUT2D eigenvalue weighted by molar-refractivity contribution is 7.88. The number of sulfonamides is 1. The fourth-order valence-corrected chi connectivity index (χ4v) is 6.60. The van der Waals surface area contributed by atoms with E-state index in [4.69, 9.17) is 9.47 Å². The van der Waals surface area contributed by atoms with Gasteiger partial charge in [-0.1, -0.05) is 36.4 Å². The number of benzene rings is 3. The zero-order valence-corrected chi connectivity index (χ0v) is 27.3. The summed E-state index contributed by atoms with van der Waals surface area (Å²) in [6.45, 7) is 0.299. The van der Waals surface area contributed by atoms with Crippen molar-refractivity contribution in [2.24, 2.45) is 5.92 Å². The first-order valence-electron chi connectivity index (χ1n) is 15.7. The lowest BCUT2D eigenvalue weighted by atomic mass is 9.78. The molecule has 5 rings (SSSR count). The van der Waals surface area contributed by atoms with E-state index in [1.807, 2.05) is 24.3 Å². The van der Waals surface area contributed by atoms with Crippen LogP contribution in [-0.2, 0) is 30.8 Å². The van der Waals surface area contributed by atoms with E-state index in [1.54, 1.807) is 17.0 Å². The van der Waals surface area contributed by atoms with Gasteiger partial charge in [-0.05, 0) is 78.8 Å². The molecule has 6 N–H and O–H groups in total. The highest BCUT2D eigenvalue weighted by Gasteiger charge is 2.49. The van der Waals surface area contributed by atoms with Crippen LogP contribution >= 0.6 is 0 Å². The molecule has 0 bridgehead atoms. The first kappa shape index (κ1) is 36.3. The van der Waals surface area contributed by atoms with Crippen LogP contribution in [0.1, 0.15) is 48.1 Å². The van der Waals surface area contributed by atoms with Crippen LogP contribution in [0.25, 0.3) is 0 Å². The number of hydrogen-bond acceptors (Lipinski definition) is 10. The summed E-state index contributed by atoms with van der Waals surface area (Å²) in [5, 5.41) is 50.5. The van der Waals surface area contributed by atoms with Gasteiger partial charge in [-0.3, -0.25) is 4.79 Å². The molecule has 264 valence electrons. The topological polar surface area (TPSA) is 203 Å². The number of aliphatic hydroxyl groups excluding tert-OH is 4. The van der Waals surface area contributed by atoms with E-state index in [9.17, 15) is 47.9 Å². The molecule has 1 unspecified atom stereocenters. The number of β-lactam (4-membered cyclic amide) rings is 1. The number of nitrogens with one attached hydrogen (secondary N) is 1. The molecular formula is C34H39FN2O11S. The Bertz CT molecular complexity index is 1710. The van der Waals surface area contributed by atoms with Gasteiger partial charge in [0.05, 0.1) is 24.3 Å². The summed E-state index contributed by atoms with van der Waals surface area (Å²) in [7, 11) is -3.28. The van der Waals surface area contributed by atoms with Gasteiger partial charge in [0.15, 0.2) is 6.10 Å². The second-order valence-corrected chi connectivity index (χ2v) is 14.1. The number of ether oxygens (including phenoxy) is 2. The highest BCUT2D eigenvalue weighted by Crippen LogP contribution is 2.46. The Morgan fingerprint density at radius 1 is 0.980 bits per heavy atom. The molecule has 0 aromatic heterocycles. The van der Waals surface area contributed by atoms with Gasteiger partial charge in [0.2, 0.25) is 22.2 Å². The smallest absolute Gasteiger partial charge is 0.335 e. The summed E-state index contributed by atoms with van der Waals surface area (Å²) in [6, 6.07) is 18.9. The molecule has 2 fully saturated rings. The van der Waals surface area contributed by atoms with E-state index >= 15 is 0 Å². The van der Waals surface area contributed by atoms with Crippen LogP contribution in [0.3, 0.4) is 0 Å². The van der Waals surface area contributed by atoms with Gasteiger partial charge in [0.25, 0.3) is 0 Å². The minimum absolute atomic E-state index is 0.160. The number of carbonyl (C=O) groups excluding carboxylic acids is 1. The maximum atomic E-state index is 13.6. The predicted octanol–water partition coefficient (Wildman–Crippen LogP) is 1.80. The van der Waals surface area contributed by atoms with Crippen LogP contribution in [0.5, 0.6) is 5.75 Å². The molecule has 15 heteroatoms. The van der Waals surface area contributed by atoms with Gasteiger partial charge >= 0.3 is 5.97 Å². The number of amides is 1. The third-order valence-electron chi connectivity index (χ3n) is 8.73.